The maximum atomic E-state index is 13.2. The summed E-state index contributed by atoms with van der Waals surface area (Å²) in [5.74, 6) is -2.10. The second-order valence-electron chi connectivity index (χ2n) is 4.11. The van der Waals surface area contributed by atoms with Gasteiger partial charge in [-0.2, -0.15) is 0 Å². The Balaban J connectivity index is 1.99. The van der Waals surface area contributed by atoms with E-state index in [1.54, 1.807) is 0 Å². The van der Waals surface area contributed by atoms with Crippen molar-refractivity contribution in [3.05, 3.63) is 35.4 Å². The van der Waals surface area contributed by atoms with Crippen LogP contribution in [0.1, 0.15) is 29.6 Å². The molecule has 0 aromatic heterocycles. The van der Waals surface area contributed by atoms with E-state index >= 15 is 0 Å². The fourth-order valence-corrected chi connectivity index (χ4v) is 1.71. The average molecular weight is 225 g/mol. The van der Waals surface area contributed by atoms with Crippen molar-refractivity contribution in [2.45, 2.75) is 19.3 Å². The summed E-state index contributed by atoms with van der Waals surface area (Å²) >= 11 is 0. The summed E-state index contributed by atoms with van der Waals surface area (Å²) in [7, 11) is 0. The molecule has 0 unspecified atom stereocenters. The van der Waals surface area contributed by atoms with Crippen LogP contribution in [-0.4, -0.2) is 12.5 Å². The predicted octanol–water partition coefficient (Wildman–Crippen LogP) is 2.49. The topological polar surface area (TPSA) is 29.1 Å². The monoisotopic (exact) mass is 225 g/mol. The molecule has 0 heterocycles. The number of amides is 1. The smallest absolute Gasteiger partial charge is 0.254 e. The van der Waals surface area contributed by atoms with E-state index in [1.807, 2.05) is 0 Å². The van der Waals surface area contributed by atoms with Crippen LogP contribution < -0.4 is 5.32 Å². The van der Waals surface area contributed by atoms with Crippen LogP contribution in [0.3, 0.4) is 0 Å². The molecule has 0 atom stereocenters. The van der Waals surface area contributed by atoms with Crippen LogP contribution in [-0.2, 0) is 0 Å². The van der Waals surface area contributed by atoms with Gasteiger partial charge in [-0.15, -0.1) is 0 Å². The van der Waals surface area contributed by atoms with Gasteiger partial charge in [-0.1, -0.05) is 12.5 Å². The molecule has 1 fully saturated rings. The van der Waals surface area contributed by atoms with Gasteiger partial charge >= 0.3 is 0 Å². The van der Waals surface area contributed by atoms with Crippen LogP contribution in [0.2, 0.25) is 0 Å². The summed E-state index contributed by atoms with van der Waals surface area (Å²) in [5, 5.41) is 2.62. The van der Waals surface area contributed by atoms with Gasteiger partial charge in [0.25, 0.3) is 5.91 Å². The van der Waals surface area contributed by atoms with Crippen LogP contribution in [0.25, 0.3) is 0 Å². The third kappa shape index (κ3) is 2.21. The first-order valence-electron chi connectivity index (χ1n) is 5.40. The lowest BCUT2D eigenvalue weighted by molar-refractivity contribution is 0.0934. The molecule has 1 N–H and O–H groups in total. The van der Waals surface area contributed by atoms with Gasteiger partial charge in [-0.05, 0) is 30.9 Å². The number of halogens is 2. The van der Waals surface area contributed by atoms with Gasteiger partial charge in [0.05, 0.1) is 5.56 Å². The summed E-state index contributed by atoms with van der Waals surface area (Å²) in [5.41, 5.74) is -0.223. The molecule has 1 aliphatic rings. The number of carbonyl (C=O) groups is 1. The van der Waals surface area contributed by atoms with Crippen molar-refractivity contribution < 1.29 is 13.6 Å². The Morgan fingerprint density at radius 1 is 1.38 bits per heavy atom. The van der Waals surface area contributed by atoms with Gasteiger partial charge in [-0.25, -0.2) is 8.78 Å². The zero-order valence-electron chi connectivity index (χ0n) is 8.80. The molecule has 0 bridgehead atoms. The van der Waals surface area contributed by atoms with E-state index in [4.69, 9.17) is 0 Å². The number of nitrogens with one attached hydrogen (secondary N) is 1. The summed E-state index contributed by atoms with van der Waals surface area (Å²) in [6.07, 6.45) is 3.40. The largest absolute Gasteiger partial charge is 0.352 e. The fourth-order valence-electron chi connectivity index (χ4n) is 1.71. The highest BCUT2D eigenvalue weighted by Gasteiger charge is 2.20. The highest BCUT2D eigenvalue weighted by molar-refractivity contribution is 5.94. The van der Waals surface area contributed by atoms with Crippen LogP contribution in [0.4, 0.5) is 8.78 Å². The molecule has 1 amide bonds. The van der Waals surface area contributed by atoms with Gasteiger partial charge in [0.2, 0.25) is 0 Å². The van der Waals surface area contributed by atoms with Crippen molar-refractivity contribution in [1.29, 1.82) is 0 Å². The second-order valence-corrected chi connectivity index (χ2v) is 4.11. The third-order valence-electron chi connectivity index (χ3n) is 2.97. The maximum absolute atomic E-state index is 13.2. The summed E-state index contributed by atoms with van der Waals surface area (Å²) < 4.78 is 26.1. The van der Waals surface area contributed by atoms with E-state index in [9.17, 15) is 13.6 Å². The summed E-state index contributed by atoms with van der Waals surface area (Å²) in [6.45, 7) is 0.550. The van der Waals surface area contributed by atoms with Crippen molar-refractivity contribution >= 4 is 5.91 Å². The molecule has 0 saturated heterocycles. The van der Waals surface area contributed by atoms with Crippen LogP contribution in [0.15, 0.2) is 18.2 Å². The third-order valence-corrected chi connectivity index (χ3v) is 2.97. The lowest BCUT2D eigenvalue weighted by atomic mass is 9.85. The SMILES string of the molecule is O=C(NCC1CCC1)c1cccc(F)c1F. The fraction of sp³-hybridized carbons (Fsp3) is 0.417. The quantitative estimate of drug-likeness (QED) is 0.841. The van der Waals surface area contributed by atoms with Crippen molar-refractivity contribution in [3.63, 3.8) is 0 Å². The molecule has 16 heavy (non-hydrogen) atoms. The molecular weight excluding hydrogens is 212 g/mol. The highest BCUT2D eigenvalue weighted by atomic mass is 19.2. The highest BCUT2D eigenvalue weighted by Crippen LogP contribution is 2.25. The number of benzene rings is 1. The van der Waals surface area contributed by atoms with Crippen LogP contribution in [0, 0.1) is 17.6 Å². The molecule has 0 radical (unpaired) electrons. The molecule has 1 aliphatic carbocycles. The van der Waals surface area contributed by atoms with Crippen LogP contribution in [0.5, 0.6) is 0 Å². The molecule has 0 aliphatic heterocycles. The number of hydrogen-bond acceptors (Lipinski definition) is 1. The van der Waals surface area contributed by atoms with E-state index in [1.165, 1.54) is 18.6 Å². The molecular formula is C12H13F2NO. The molecule has 2 rings (SSSR count). The zero-order valence-corrected chi connectivity index (χ0v) is 8.80. The van der Waals surface area contributed by atoms with Gasteiger partial charge in [0.1, 0.15) is 0 Å². The minimum atomic E-state index is -1.08. The lowest BCUT2D eigenvalue weighted by Gasteiger charge is -2.25. The Morgan fingerprint density at radius 3 is 2.75 bits per heavy atom. The normalized spacial score (nSPS) is 15.6. The molecule has 1 aromatic carbocycles. The van der Waals surface area contributed by atoms with Crippen molar-refractivity contribution in [1.82, 2.24) is 5.32 Å². The Morgan fingerprint density at radius 2 is 2.12 bits per heavy atom. The van der Waals surface area contributed by atoms with Crippen LogP contribution >= 0.6 is 0 Å². The minimum absolute atomic E-state index is 0.223. The van der Waals surface area contributed by atoms with Gasteiger partial charge in [0.15, 0.2) is 11.6 Å². The Bertz CT molecular complexity index is 402. The molecule has 2 nitrogen and oxygen atoms in total. The molecule has 0 spiro atoms. The zero-order chi connectivity index (χ0) is 11.5. The first-order chi connectivity index (χ1) is 7.68. The molecule has 1 saturated carbocycles. The first kappa shape index (κ1) is 11.0. The van der Waals surface area contributed by atoms with Crippen molar-refractivity contribution in [2.24, 2.45) is 5.92 Å². The Hall–Kier alpha value is -1.45. The number of rotatable bonds is 3. The minimum Gasteiger partial charge on any atom is -0.352 e. The Labute approximate surface area is 92.7 Å². The number of carbonyl (C=O) groups excluding carboxylic acids is 1. The van der Waals surface area contributed by atoms with Gasteiger partial charge < -0.3 is 5.32 Å². The maximum Gasteiger partial charge on any atom is 0.254 e. The Kier molecular flexibility index (Phi) is 3.17. The molecule has 86 valence electrons. The van der Waals surface area contributed by atoms with Gasteiger partial charge in [-0.3, -0.25) is 4.79 Å². The lowest BCUT2D eigenvalue weighted by Crippen LogP contribution is -2.32. The summed E-state index contributed by atoms with van der Waals surface area (Å²) in [4.78, 5) is 11.5. The van der Waals surface area contributed by atoms with Crippen molar-refractivity contribution in [2.75, 3.05) is 6.54 Å². The second kappa shape index (κ2) is 4.60. The summed E-state index contributed by atoms with van der Waals surface area (Å²) in [6, 6.07) is 3.61. The van der Waals surface area contributed by atoms with E-state index in [2.05, 4.69) is 5.32 Å². The molecule has 4 heteroatoms. The van der Waals surface area contributed by atoms with E-state index in [0.29, 0.717) is 12.5 Å². The van der Waals surface area contributed by atoms with E-state index in [-0.39, 0.29) is 5.56 Å². The predicted molar refractivity (Wildman–Crippen MR) is 56.0 cm³/mol. The van der Waals surface area contributed by atoms with Gasteiger partial charge in [0, 0.05) is 6.54 Å². The average Bonchev–Trinajstić information content (AvgIpc) is 2.19. The van der Waals surface area contributed by atoms with E-state index in [0.717, 1.165) is 18.9 Å². The number of hydrogen-bond donors (Lipinski definition) is 1. The van der Waals surface area contributed by atoms with E-state index < -0.39 is 17.5 Å². The van der Waals surface area contributed by atoms with Crippen molar-refractivity contribution in [3.8, 4) is 0 Å². The standard InChI is InChI=1S/C12H13F2NO/c13-10-6-2-5-9(11(10)14)12(16)15-7-8-3-1-4-8/h2,5-6,8H,1,3-4,7H2,(H,15,16). The first-order valence-corrected chi connectivity index (χ1v) is 5.40. The molecule has 1 aromatic rings.